The summed E-state index contributed by atoms with van der Waals surface area (Å²) < 4.78 is 2.34. The van der Waals surface area contributed by atoms with E-state index in [-0.39, 0.29) is 0 Å². The molecule has 3 nitrogen and oxygen atoms in total. The molecule has 2 heterocycles. The fourth-order valence-corrected chi connectivity index (χ4v) is 3.20. The van der Waals surface area contributed by atoms with Crippen molar-refractivity contribution in [1.82, 2.24) is 9.55 Å². The van der Waals surface area contributed by atoms with Gasteiger partial charge in [-0.1, -0.05) is 18.2 Å². The van der Waals surface area contributed by atoms with E-state index in [1.807, 2.05) is 6.07 Å². The van der Waals surface area contributed by atoms with Gasteiger partial charge in [0.05, 0.1) is 11.4 Å². The first kappa shape index (κ1) is 11.5. The maximum absolute atomic E-state index is 9.54. The van der Waals surface area contributed by atoms with Gasteiger partial charge in [-0.25, -0.2) is 4.98 Å². The van der Waals surface area contributed by atoms with E-state index in [2.05, 4.69) is 34.7 Å². The number of aromatic hydroxyl groups is 1. The van der Waals surface area contributed by atoms with Crippen molar-refractivity contribution in [3.63, 3.8) is 0 Å². The number of phenols is 1. The van der Waals surface area contributed by atoms with Gasteiger partial charge in [0, 0.05) is 18.5 Å². The number of aryl methyl sites for hydroxylation is 2. The Labute approximate surface area is 117 Å². The summed E-state index contributed by atoms with van der Waals surface area (Å²) in [6.45, 7) is 3.15. The van der Waals surface area contributed by atoms with Crippen molar-refractivity contribution in [2.45, 2.75) is 26.3 Å². The number of benzene rings is 2. The maximum atomic E-state index is 9.54. The summed E-state index contributed by atoms with van der Waals surface area (Å²) in [7, 11) is 0. The number of hydrogen-bond acceptors (Lipinski definition) is 2. The third-order valence-electron chi connectivity index (χ3n) is 4.10. The molecule has 1 N–H and O–H groups in total. The van der Waals surface area contributed by atoms with Gasteiger partial charge in [-0.2, -0.15) is 0 Å². The van der Waals surface area contributed by atoms with Crippen molar-refractivity contribution in [3.8, 4) is 17.0 Å². The Balaban J connectivity index is 1.92. The average Bonchev–Trinajstić information content (AvgIpc) is 2.98. The number of aromatic nitrogens is 2. The number of hydrogen-bond donors (Lipinski definition) is 1. The molecule has 3 aromatic rings. The Hall–Kier alpha value is -2.29. The summed E-state index contributed by atoms with van der Waals surface area (Å²) in [6, 6.07) is 11.9. The Bertz CT molecular complexity index is 817. The first-order valence-corrected chi connectivity index (χ1v) is 7.01. The standard InChI is InChI=1S/C17H16N2O/c1-11-17(19-8-2-3-16(19)18-11)14-5-4-13-10-15(20)7-6-12(13)9-14/h4-7,9-10,20H,2-3,8H2,1H3. The third kappa shape index (κ3) is 1.63. The highest BCUT2D eigenvalue weighted by atomic mass is 16.3. The molecule has 2 aromatic carbocycles. The molecule has 4 rings (SSSR count). The SMILES string of the molecule is Cc1nc2n(c1-c1ccc3cc(O)ccc3c1)CCC2. The van der Waals surface area contributed by atoms with Gasteiger partial charge < -0.3 is 9.67 Å². The van der Waals surface area contributed by atoms with E-state index in [1.165, 1.54) is 23.5 Å². The highest BCUT2D eigenvalue weighted by Crippen LogP contribution is 2.31. The third-order valence-corrected chi connectivity index (χ3v) is 4.10. The van der Waals surface area contributed by atoms with E-state index in [4.69, 9.17) is 0 Å². The fraction of sp³-hybridized carbons (Fsp3) is 0.235. The fourth-order valence-electron chi connectivity index (χ4n) is 3.20. The molecule has 0 unspecified atom stereocenters. The lowest BCUT2D eigenvalue weighted by Crippen LogP contribution is -1.96. The topological polar surface area (TPSA) is 38.0 Å². The van der Waals surface area contributed by atoms with Crippen molar-refractivity contribution in [1.29, 1.82) is 0 Å². The lowest BCUT2D eigenvalue weighted by Gasteiger charge is -2.08. The lowest BCUT2D eigenvalue weighted by atomic mass is 10.0. The van der Waals surface area contributed by atoms with Crippen LogP contribution in [0.15, 0.2) is 36.4 Å². The van der Waals surface area contributed by atoms with Crippen LogP contribution in [0.1, 0.15) is 17.9 Å². The first-order chi connectivity index (χ1) is 9.72. The van der Waals surface area contributed by atoms with Crippen molar-refractivity contribution < 1.29 is 5.11 Å². The summed E-state index contributed by atoms with van der Waals surface area (Å²) >= 11 is 0. The number of imidazole rings is 1. The molecule has 0 aliphatic carbocycles. The van der Waals surface area contributed by atoms with Crippen molar-refractivity contribution in [2.75, 3.05) is 0 Å². The quantitative estimate of drug-likeness (QED) is 0.728. The van der Waals surface area contributed by atoms with Crippen LogP contribution in [0.2, 0.25) is 0 Å². The molecular weight excluding hydrogens is 248 g/mol. The maximum Gasteiger partial charge on any atom is 0.116 e. The van der Waals surface area contributed by atoms with Crippen molar-refractivity contribution >= 4 is 10.8 Å². The second kappa shape index (κ2) is 4.10. The Morgan fingerprint density at radius 3 is 2.80 bits per heavy atom. The second-order valence-corrected chi connectivity index (χ2v) is 5.46. The molecule has 1 aliphatic heterocycles. The van der Waals surface area contributed by atoms with E-state index in [1.54, 1.807) is 12.1 Å². The van der Waals surface area contributed by atoms with Crippen LogP contribution in [0.3, 0.4) is 0 Å². The van der Waals surface area contributed by atoms with E-state index < -0.39 is 0 Å². The molecule has 20 heavy (non-hydrogen) atoms. The molecule has 0 saturated heterocycles. The molecule has 3 heteroatoms. The van der Waals surface area contributed by atoms with Crippen LogP contribution in [-0.2, 0) is 13.0 Å². The summed E-state index contributed by atoms with van der Waals surface area (Å²) in [5.74, 6) is 1.52. The van der Waals surface area contributed by atoms with Gasteiger partial charge in [0.2, 0.25) is 0 Å². The molecule has 0 amide bonds. The van der Waals surface area contributed by atoms with Crippen LogP contribution in [0.25, 0.3) is 22.0 Å². The van der Waals surface area contributed by atoms with E-state index in [9.17, 15) is 5.11 Å². The molecule has 0 atom stereocenters. The van der Waals surface area contributed by atoms with Gasteiger partial charge >= 0.3 is 0 Å². The zero-order chi connectivity index (χ0) is 13.7. The predicted octanol–water partition coefficient (Wildman–Crippen LogP) is 3.66. The molecular formula is C17H16N2O. The zero-order valence-electron chi connectivity index (χ0n) is 11.4. The van der Waals surface area contributed by atoms with Crippen molar-refractivity contribution in [2.24, 2.45) is 0 Å². The minimum absolute atomic E-state index is 0.312. The summed E-state index contributed by atoms with van der Waals surface area (Å²) in [6.07, 6.45) is 2.28. The number of phenolic OH excluding ortho intramolecular Hbond substituents is 1. The summed E-state index contributed by atoms with van der Waals surface area (Å²) in [5.41, 5.74) is 3.56. The van der Waals surface area contributed by atoms with E-state index >= 15 is 0 Å². The summed E-state index contributed by atoms with van der Waals surface area (Å²) in [5, 5.41) is 11.7. The van der Waals surface area contributed by atoms with Crippen LogP contribution in [-0.4, -0.2) is 14.7 Å². The smallest absolute Gasteiger partial charge is 0.116 e. The molecule has 0 saturated carbocycles. The van der Waals surface area contributed by atoms with Gasteiger partial charge in [0.1, 0.15) is 11.6 Å². The highest BCUT2D eigenvalue weighted by molar-refractivity contribution is 5.88. The second-order valence-electron chi connectivity index (χ2n) is 5.46. The monoisotopic (exact) mass is 264 g/mol. The van der Waals surface area contributed by atoms with Crippen molar-refractivity contribution in [3.05, 3.63) is 47.9 Å². The van der Waals surface area contributed by atoms with Gasteiger partial charge in [-0.15, -0.1) is 0 Å². The Kier molecular flexibility index (Phi) is 2.36. The molecule has 0 radical (unpaired) electrons. The first-order valence-electron chi connectivity index (χ1n) is 7.01. The molecule has 0 fully saturated rings. The Morgan fingerprint density at radius 1 is 1.10 bits per heavy atom. The lowest BCUT2D eigenvalue weighted by molar-refractivity contribution is 0.476. The number of rotatable bonds is 1. The predicted molar refractivity (Wildman–Crippen MR) is 79.9 cm³/mol. The number of fused-ring (bicyclic) bond motifs is 2. The van der Waals surface area contributed by atoms with Crippen LogP contribution in [0, 0.1) is 6.92 Å². The molecule has 0 bridgehead atoms. The molecule has 1 aliphatic rings. The molecule has 100 valence electrons. The van der Waals surface area contributed by atoms with E-state index in [0.29, 0.717) is 5.75 Å². The van der Waals surface area contributed by atoms with Gasteiger partial charge in [-0.05, 0) is 42.3 Å². The van der Waals surface area contributed by atoms with Crippen LogP contribution >= 0.6 is 0 Å². The van der Waals surface area contributed by atoms with E-state index in [0.717, 1.165) is 29.4 Å². The normalized spacial score (nSPS) is 13.8. The van der Waals surface area contributed by atoms with Gasteiger partial charge in [-0.3, -0.25) is 0 Å². The highest BCUT2D eigenvalue weighted by Gasteiger charge is 2.19. The Morgan fingerprint density at radius 2 is 1.90 bits per heavy atom. The van der Waals surface area contributed by atoms with Gasteiger partial charge in [0.25, 0.3) is 0 Å². The molecule has 1 aromatic heterocycles. The minimum atomic E-state index is 0.312. The van der Waals surface area contributed by atoms with Crippen LogP contribution < -0.4 is 0 Å². The zero-order valence-corrected chi connectivity index (χ0v) is 11.4. The minimum Gasteiger partial charge on any atom is -0.508 e. The largest absolute Gasteiger partial charge is 0.508 e. The molecule has 0 spiro atoms. The van der Waals surface area contributed by atoms with Crippen LogP contribution in [0.5, 0.6) is 5.75 Å². The summed E-state index contributed by atoms with van der Waals surface area (Å²) in [4.78, 5) is 4.68. The average molecular weight is 264 g/mol. The van der Waals surface area contributed by atoms with Crippen LogP contribution in [0.4, 0.5) is 0 Å². The number of nitrogens with zero attached hydrogens (tertiary/aromatic N) is 2. The van der Waals surface area contributed by atoms with Gasteiger partial charge in [0.15, 0.2) is 0 Å².